The van der Waals surface area contributed by atoms with Crippen molar-refractivity contribution in [3.05, 3.63) is 107 Å². The lowest BCUT2D eigenvalue weighted by Crippen LogP contribution is -2.43. The van der Waals surface area contributed by atoms with E-state index in [2.05, 4.69) is 11.6 Å². The minimum Gasteiger partial charge on any atom is -0.465 e. The van der Waals surface area contributed by atoms with Crippen molar-refractivity contribution in [1.29, 1.82) is 0 Å². The van der Waals surface area contributed by atoms with E-state index in [1.165, 1.54) is 35.6 Å². The smallest absolute Gasteiger partial charge is 0.416 e. The van der Waals surface area contributed by atoms with Gasteiger partial charge in [-0.2, -0.15) is 26.0 Å². The summed E-state index contributed by atoms with van der Waals surface area (Å²) in [6, 6.07) is 16.7. The highest BCUT2D eigenvalue weighted by atomic mass is 32.2. The zero-order valence-corrected chi connectivity index (χ0v) is 22.5. The molecular formula is C29H26F3N3O4S. The van der Waals surface area contributed by atoms with Crippen molar-refractivity contribution in [2.75, 3.05) is 6.61 Å². The molecule has 2 aliphatic rings. The zero-order chi connectivity index (χ0) is 28.9. The Balaban J connectivity index is 1.72. The van der Waals surface area contributed by atoms with E-state index < -0.39 is 39.2 Å². The summed E-state index contributed by atoms with van der Waals surface area (Å²) in [5, 5.41) is 1.35. The van der Waals surface area contributed by atoms with Gasteiger partial charge in [0.1, 0.15) is 17.8 Å². The molecule has 3 aromatic carbocycles. The average Bonchev–Trinajstić information content (AvgIpc) is 3.18. The van der Waals surface area contributed by atoms with E-state index in [1.54, 1.807) is 43.3 Å². The number of ether oxygens (including phenoxy) is 1. The number of rotatable bonds is 6. The first kappa shape index (κ1) is 27.4. The van der Waals surface area contributed by atoms with Crippen molar-refractivity contribution >= 4 is 28.0 Å². The van der Waals surface area contributed by atoms with Crippen molar-refractivity contribution in [2.24, 2.45) is 10.4 Å². The Morgan fingerprint density at radius 2 is 1.70 bits per heavy atom. The summed E-state index contributed by atoms with van der Waals surface area (Å²) in [5.41, 5.74) is -0.368. The fourth-order valence-electron chi connectivity index (χ4n) is 5.25. The standard InChI is InChI=1S/C29H26F3N3O4S/c1-4-39-27(36)28(17-21-11-13-22(14-12-21)29(30,31)32)20(3)35(40(37,38)23-15-9-19(2)10-16-23)34-18-33-25-8-6-5-7-24(25)26(28)34/h5-16,18,26H,3-4,17H2,1-2H3/t26-,28-/m1/s1. The van der Waals surface area contributed by atoms with Crippen molar-refractivity contribution in [3.8, 4) is 0 Å². The maximum atomic E-state index is 14.1. The van der Waals surface area contributed by atoms with Crippen LogP contribution in [0.25, 0.3) is 0 Å². The van der Waals surface area contributed by atoms with Crippen LogP contribution in [-0.2, 0) is 32.2 Å². The number of esters is 1. The number of alkyl halides is 3. The molecule has 0 saturated carbocycles. The molecule has 0 aliphatic carbocycles. The Hall–Kier alpha value is -4.12. The molecule has 0 aromatic heterocycles. The molecule has 40 heavy (non-hydrogen) atoms. The van der Waals surface area contributed by atoms with Crippen LogP contribution < -0.4 is 0 Å². The van der Waals surface area contributed by atoms with Crippen molar-refractivity contribution in [2.45, 2.75) is 37.4 Å². The van der Waals surface area contributed by atoms with Crippen LogP contribution in [-0.4, -0.2) is 36.8 Å². The average molecular weight is 570 g/mol. The molecule has 0 bridgehead atoms. The van der Waals surface area contributed by atoms with Crippen molar-refractivity contribution in [3.63, 3.8) is 0 Å². The van der Waals surface area contributed by atoms with Gasteiger partial charge in [0.15, 0.2) is 0 Å². The molecule has 0 N–H and O–H groups in total. The highest BCUT2D eigenvalue weighted by Gasteiger charge is 2.64. The number of carbonyl (C=O) groups is 1. The van der Waals surface area contributed by atoms with E-state index >= 15 is 0 Å². The highest BCUT2D eigenvalue weighted by molar-refractivity contribution is 7.89. The maximum absolute atomic E-state index is 14.1. The lowest BCUT2D eigenvalue weighted by atomic mass is 9.71. The third-order valence-electron chi connectivity index (χ3n) is 7.18. The summed E-state index contributed by atoms with van der Waals surface area (Å²) in [4.78, 5) is 18.4. The molecule has 0 unspecified atom stereocenters. The Bertz CT molecular complexity index is 1600. The predicted octanol–water partition coefficient (Wildman–Crippen LogP) is 5.96. The number of hydrogen-bond acceptors (Lipinski definition) is 6. The van der Waals surface area contributed by atoms with Crippen LogP contribution >= 0.6 is 0 Å². The number of aliphatic imine (C=N–C) groups is 1. The number of hydrazine groups is 1. The van der Waals surface area contributed by atoms with Gasteiger partial charge in [-0.05, 0) is 56.2 Å². The molecule has 1 fully saturated rings. The number of benzene rings is 3. The second kappa shape index (κ2) is 9.81. The third kappa shape index (κ3) is 4.34. The monoisotopic (exact) mass is 569 g/mol. The number of para-hydroxylation sites is 1. The number of nitrogens with zero attached hydrogens (tertiary/aromatic N) is 3. The van der Waals surface area contributed by atoms with Crippen LogP contribution in [0.5, 0.6) is 0 Å². The Labute approximate surface area is 230 Å². The summed E-state index contributed by atoms with van der Waals surface area (Å²) < 4.78 is 74.4. The number of sulfonamides is 1. The molecule has 2 heterocycles. The largest absolute Gasteiger partial charge is 0.465 e. The van der Waals surface area contributed by atoms with E-state index in [4.69, 9.17) is 4.74 Å². The number of aryl methyl sites for hydroxylation is 1. The van der Waals surface area contributed by atoms with Crippen LogP contribution in [0.2, 0.25) is 0 Å². The molecule has 3 aromatic rings. The minimum absolute atomic E-state index is 0.00591. The minimum atomic E-state index is -4.54. The number of carbonyl (C=O) groups excluding carboxylic acids is 1. The van der Waals surface area contributed by atoms with Gasteiger partial charge in [-0.15, -0.1) is 0 Å². The normalized spacial score (nSPS) is 20.3. The molecule has 0 radical (unpaired) electrons. The molecule has 1 saturated heterocycles. The number of fused-ring (bicyclic) bond motifs is 3. The first-order valence-corrected chi connectivity index (χ1v) is 13.9. The van der Waals surface area contributed by atoms with Crippen LogP contribution in [0.15, 0.2) is 95.0 Å². The Morgan fingerprint density at radius 3 is 2.33 bits per heavy atom. The van der Waals surface area contributed by atoms with Crippen molar-refractivity contribution < 1.29 is 31.1 Å². The third-order valence-corrected chi connectivity index (χ3v) is 8.92. The van der Waals surface area contributed by atoms with Gasteiger partial charge in [-0.3, -0.25) is 9.80 Å². The van der Waals surface area contributed by atoms with Gasteiger partial charge in [-0.25, -0.2) is 4.99 Å². The van der Waals surface area contributed by atoms with Crippen LogP contribution in [0.1, 0.15) is 35.2 Å². The maximum Gasteiger partial charge on any atom is 0.416 e. The molecule has 7 nitrogen and oxygen atoms in total. The van der Waals surface area contributed by atoms with E-state index in [-0.39, 0.29) is 23.6 Å². The molecular weight excluding hydrogens is 543 g/mol. The van der Waals surface area contributed by atoms with Gasteiger partial charge in [-0.1, -0.05) is 54.6 Å². The van der Waals surface area contributed by atoms with E-state index in [0.29, 0.717) is 16.8 Å². The number of hydrogen-bond donors (Lipinski definition) is 0. The first-order chi connectivity index (χ1) is 18.9. The lowest BCUT2D eigenvalue weighted by Gasteiger charge is -2.36. The summed E-state index contributed by atoms with van der Waals surface area (Å²) in [6.07, 6.45) is -3.38. The Kier molecular flexibility index (Phi) is 6.73. The molecule has 0 amide bonds. The molecule has 0 spiro atoms. The second-order valence-electron chi connectivity index (χ2n) is 9.66. The topological polar surface area (TPSA) is 79.3 Å². The van der Waals surface area contributed by atoms with Gasteiger partial charge in [0, 0.05) is 5.56 Å². The SMILES string of the molecule is C=C1N(S(=O)(=O)c2ccc(C)cc2)N2C=Nc3ccccc3[C@@H]2[C@]1(Cc1ccc(C(F)(F)F)cc1)C(=O)OCC. The van der Waals surface area contributed by atoms with Gasteiger partial charge < -0.3 is 4.74 Å². The summed E-state index contributed by atoms with van der Waals surface area (Å²) in [5.74, 6) is -0.749. The van der Waals surface area contributed by atoms with Crippen molar-refractivity contribution in [1.82, 2.24) is 9.42 Å². The molecule has 5 rings (SSSR count). The zero-order valence-electron chi connectivity index (χ0n) is 21.7. The Morgan fingerprint density at radius 1 is 1.05 bits per heavy atom. The summed E-state index contributed by atoms with van der Waals surface area (Å²) in [7, 11) is -4.30. The van der Waals surface area contributed by atoms with E-state index in [0.717, 1.165) is 22.1 Å². The van der Waals surface area contributed by atoms with Gasteiger partial charge in [0.25, 0.3) is 10.0 Å². The van der Waals surface area contributed by atoms with Crippen LogP contribution in [0, 0.1) is 12.3 Å². The molecule has 2 aliphatic heterocycles. The first-order valence-electron chi connectivity index (χ1n) is 12.5. The number of halogens is 3. The van der Waals surface area contributed by atoms with Gasteiger partial charge >= 0.3 is 12.1 Å². The van der Waals surface area contributed by atoms with Crippen LogP contribution in [0.4, 0.5) is 18.9 Å². The fraction of sp³-hybridized carbons (Fsp3) is 0.241. The molecule has 208 valence electrons. The molecule has 2 atom stereocenters. The van der Waals surface area contributed by atoms with Gasteiger partial charge in [0.2, 0.25) is 0 Å². The van der Waals surface area contributed by atoms with Gasteiger partial charge in [0.05, 0.1) is 28.5 Å². The fourth-order valence-corrected chi connectivity index (χ4v) is 6.77. The highest BCUT2D eigenvalue weighted by Crippen LogP contribution is 2.58. The summed E-state index contributed by atoms with van der Waals surface area (Å²) in [6.45, 7) is 7.55. The summed E-state index contributed by atoms with van der Waals surface area (Å²) >= 11 is 0. The molecule has 11 heteroatoms. The van der Waals surface area contributed by atoms with Crippen LogP contribution in [0.3, 0.4) is 0 Å². The predicted molar refractivity (Wildman–Crippen MR) is 143 cm³/mol. The van der Waals surface area contributed by atoms with E-state index in [9.17, 15) is 26.4 Å². The second-order valence-corrected chi connectivity index (χ2v) is 11.4. The lowest BCUT2D eigenvalue weighted by molar-refractivity contribution is -0.154. The van der Waals surface area contributed by atoms with E-state index in [1.807, 2.05) is 6.92 Å². The quantitative estimate of drug-likeness (QED) is 0.343.